The molecule has 1 aliphatic heterocycles. The van der Waals surface area contributed by atoms with Gasteiger partial charge in [-0.3, -0.25) is 4.79 Å². The van der Waals surface area contributed by atoms with Crippen LogP contribution in [0.1, 0.15) is 39.0 Å². The maximum Gasteiger partial charge on any atom is 0.326 e. The monoisotopic (exact) mass is 255 g/mol. The van der Waals surface area contributed by atoms with Crippen molar-refractivity contribution in [1.82, 2.24) is 4.90 Å². The molecule has 1 saturated heterocycles. The van der Waals surface area contributed by atoms with Crippen LogP contribution in [0.25, 0.3) is 0 Å². The molecule has 0 spiro atoms. The van der Waals surface area contributed by atoms with E-state index in [9.17, 15) is 14.7 Å². The summed E-state index contributed by atoms with van der Waals surface area (Å²) in [6.07, 6.45) is 3.97. The lowest BCUT2D eigenvalue weighted by Gasteiger charge is -2.41. The molecule has 0 radical (unpaired) electrons. The lowest BCUT2D eigenvalue weighted by molar-refractivity contribution is -0.154. The van der Waals surface area contributed by atoms with Crippen molar-refractivity contribution in [3.8, 4) is 0 Å². The summed E-state index contributed by atoms with van der Waals surface area (Å²) in [4.78, 5) is 25.0. The molecule has 2 aliphatic rings. The molecule has 5 heteroatoms. The number of hydrogen-bond donors (Lipinski definition) is 1. The Hall–Kier alpha value is -1.10. The van der Waals surface area contributed by atoms with E-state index in [1.54, 1.807) is 7.11 Å². The van der Waals surface area contributed by atoms with Crippen LogP contribution in [0.3, 0.4) is 0 Å². The maximum absolute atomic E-state index is 12.3. The fraction of sp³-hybridized carbons (Fsp3) is 0.846. The van der Waals surface area contributed by atoms with Gasteiger partial charge in [-0.15, -0.1) is 0 Å². The van der Waals surface area contributed by atoms with Gasteiger partial charge in [0.2, 0.25) is 5.91 Å². The van der Waals surface area contributed by atoms with Gasteiger partial charge in [-0.25, -0.2) is 4.79 Å². The van der Waals surface area contributed by atoms with E-state index in [2.05, 4.69) is 0 Å². The highest BCUT2D eigenvalue weighted by molar-refractivity contribution is 5.85. The summed E-state index contributed by atoms with van der Waals surface area (Å²) in [6, 6.07) is -0.661. The van der Waals surface area contributed by atoms with Crippen LogP contribution in [0, 0.1) is 5.92 Å². The predicted octanol–water partition coefficient (Wildman–Crippen LogP) is 1.27. The van der Waals surface area contributed by atoms with Crippen LogP contribution in [-0.4, -0.2) is 47.2 Å². The zero-order valence-corrected chi connectivity index (χ0v) is 11.0. The second-order valence-electron chi connectivity index (χ2n) is 5.55. The number of carboxylic acid groups (broad SMARTS) is 1. The lowest BCUT2D eigenvalue weighted by atomic mass is 9.77. The van der Waals surface area contributed by atoms with Crippen molar-refractivity contribution in [3.63, 3.8) is 0 Å². The van der Waals surface area contributed by atoms with Gasteiger partial charge in [0.15, 0.2) is 0 Å². The van der Waals surface area contributed by atoms with E-state index in [1.807, 2.05) is 6.92 Å². The van der Waals surface area contributed by atoms with Crippen molar-refractivity contribution in [2.45, 2.75) is 50.7 Å². The number of rotatable bonds is 4. The van der Waals surface area contributed by atoms with Gasteiger partial charge < -0.3 is 14.7 Å². The molecule has 2 atom stereocenters. The van der Waals surface area contributed by atoms with Gasteiger partial charge in [-0.05, 0) is 31.6 Å². The molecule has 0 bridgehead atoms. The molecule has 1 N–H and O–H groups in total. The Balaban J connectivity index is 2.02. The first-order valence-corrected chi connectivity index (χ1v) is 6.56. The van der Waals surface area contributed by atoms with Crippen molar-refractivity contribution in [2.75, 3.05) is 13.7 Å². The third-order valence-electron chi connectivity index (χ3n) is 4.44. The van der Waals surface area contributed by atoms with E-state index < -0.39 is 12.0 Å². The van der Waals surface area contributed by atoms with Crippen molar-refractivity contribution in [2.24, 2.45) is 5.92 Å². The van der Waals surface area contributed by atoms with Crippen LogP contribution in [0.2, 0.25) is 0 Å². The predicted molar refractivity (Wildman–Crippen MR) is 65.1 cm³/mol. The summed E-state index contributed by atoms with van der Waals surface area (Å²) < 4.78 is 5.43. The van der Waals surface area contributed by atoms with Gasteiger partial charge in [-0.1, -0.05) is 6.92 Å². The van der Waals surface area contributed by atoms with Gasteiger partial charge in [0.1, 0.15) is 6.04 Å². The summed E-state index contributed by atoms with van der Waals surface area (Å²) in [6.45, 7) is 2.44. The molecule has 0 aromatic rings. The van der Waals surface area contributed by atoms with E-state index in [0.29, 0.717) is 13.0 Å². The van der Waals surface area contributed by atoms with Crippen LogP contribution >= 0.6 is 0 Å². The van der Waals surface area contributed by atoms with Crippen molar-refractivity contribution >= 4 is 11.9 Å². The van der Waals surface area contributed by atoms with E-state index in [-0.39, 0.29) is 17.4 Å². The van der Waals surface area contributed by atoms with Crippen LogP contribution in [0.15, 0.2) is 0 Å². The number of ether oxygens (including phenoxy) is 1. The molecule has 1 heterocycles. The second kappa shape index (κ2) is 4.88. The minimum absolute atomic E-state index is 0.0336. The first-order valence-electron chi connectivity index (χ1n) is 6.56. The van der Waals surface area contributed by atoms with Gasteiger partial charge >= 0.3 is 5.97 Å². The summed E-state index contributed by atoms with van der Waals surface area (Å²) in [5, 5.41) is 9.20. The van der Waals surface area contributed by atoms with Crippen molar-refractivity contribution in [3.05, 3.63) is 0 Å². The molecule has 1 amide bonds. The second-order valence-corrected chi connectivity index (χ2v) is 5.55. The summed E-state index contributed by atoms with van der Waals surface area (Å²) in [7, 11) is 1.63. The zero-order valence-electron chi connectivity index (χ0n) is 11.0. The zero-order chi connectivity index (χ0) is 13.3. The molecule has 5 nitrogen and oxygen atoms in total. The van der Waals surface area contributed by atoms with E-state index in [1.165, 1.54) is 4.90 Å². The third kappa shape index (κ3) is 2.23. The molecule has 2 rings (SSSR count). The Labute approximate surface area is 107 Å². The van der Waals surface area contributed by atoms with E-state index >= 15 is 0 Å². The normalized spacial score (nSPS) is 30.0. The minimum atomic E-state index is -0.895. The minimum Gasteiger partial charge on any atom is -0.480 e. The molecule has 0 aromatic carbocycles. The quantitative estimate of drug-likeness (QED) is 0.821. The number of likely N-dealkylation sites (tertiary alicyclic amines) is 1. The average Bonchev–Trinajstić information content (AvgIpc) is 2.65. The fourth-order valence-corrected chi connectivity index (χ4v) is 3.00. The number of carbonyl (C=O) groups excluding carboxylic acids is 1. The Morgan fingerprint density at radius 1 is 1.44 bits per heavy atom. The number of nitrogens with zero attached hydrogens (tertiary/aromatic N) is 1. The third-order valence-corrected chi connectivity index (χ3v) is 4.44. The van der Waals surface area contributed by atoms with Gasteiger partial charge in [-0.2, -0.15) is 0 Å². The number of carboxylic acids is 1. The van der Waals surface area contributed by atoms with E-state index in [0.717, 1.165) is 25.7 Å². The Morgan fingerprint density at radius 2 is 2.11 bits per heavy atom. The fourth-order valence-electron chi connectivity index (χ4n) is 3.00. The highest BCUT2D eigenvalue weighted by Crippen LogP contribution is 2.39. The molecular formula is C13H21NO4. The van der Waals surface area contributed by atoms with Gasteiger partial charge in [0.05, 0.1) is 12.0 Å². The summed E-state index contributed by atoms with van der Waals surface area (Å²) in [5.74, 6) is -0.937. The van der Waals surface area contributed by atoms with Crippen LogP contribution in [-0.2, 0) is 14.3 Å². The largest absolute Gasteiger partial charge is 0.480 e. The topological polar surface area (TPSA) is 66.8 Å². The maximum atomic E-state index is 12.3. The average molecular weight is 255 g/mol. The SMILES string of the molecule is COC1(CC(=O)N2CCC(C)C2C(=O)O)CCC1. The Bertz CT molecular complexity index is 345. The number of carbonyl (C=O) groups is 2. The molecular weight excluding hydrogens is 234 g/mol. The molecule has 1 aliphatic carbocycles. The Kier molecular flexibility index (Phi) is 3.61. The highest BCUT2D eigenvalue weighted by Gasteiger charge is 2.44. The van der Waals surface area contributed by atoms with Crippen LogP contribution in [0.5, 0.6) is 0 Å². The molecule has 18 heavy (non-hydrogen) atoms. The highest BCUT2D eigenvalue weighted by atomic mass is 16.5. The van der Waals surface area contributed by atoms with Gasteiger partial charge in [0, 0.05) is 13.7 Å². The lowest BCUT2D eigenvalue weighted by Crippen LogP contribution is -2.48. The number of methoxy groups -OCH3 is 1. The van der Waals surface area contributed by atoms with Crippen LogP contribution in [0.4, 0.5) is 0 Å². The van der Waals surface area contributed by atoms with Crippen LogP contribution < -0.4 is 0 Å². The van der Waals surface area contributed by atoms with E-state index in [4.69, 9.17) is 4.74 Å². The summed E-state index contributed by atoms with van der Waals surface area (Å²) >= 11 is 0. The molecule has 102 valence electrons. The Morgan fingerprint density at radius 3 is 2.56 bits per heavy atom. The number of amides is 1. The standard InChI is InChI=1S/C13H21NO4/c1-9-4-7-14(11(9)12(16)17)10(15)8-13(18-2)5-3-6-13/h9,11H,3-8H2,1-2H3,(H,16,17). The smallest absolute Gasteiger partial charge is 0.326 e. The van der Waals surface area contributed by atoms with Crippen molar-refractivity contribution in [1.29, 1.82) is 0 Å². The summed E-state index contributed by atoms with van der Waals surface area (Å²) in [5.41, 5.74) is -0.327. The molecule has 2 fully saturated rings. The first-order chi connectivity index (χ1) is 8.49. The first kappa shape index (κ1) is 13.3. The molecule has 0 aromatic heterocycles. The van der Waals surface area contributed by atoms with Crippen molar-refractivity contribution < 1.29 is 19.4 Å². The molecule has 2 unspecified atom stereocenters. The molecule has 1 saturated carbocycles. The number of hydrogen-bond acceptors (Lipinski definition) is 3. The number of aliphatic carboxylic acids is 1. The van der Waals surface area contributed by atoms with Gasteiger partial charge in [0.25, 0.3) is 0 Å².